The van der Waals surface area contributed by atoms with Gasteiger partial charge in [0.15, 0.2) is 9.84 Å². The third kappa shape index (κ3) is 4.69. The Bertz CT molecular complexity index is 575. The predicted octanol–water partition coefficient (Wildman–Crippen LogP) is 2.22. The number of hydrogen-bond acceptors (Lipinski definition) is 4. The van der Waals surface area contributed by atoms with Gasteiger partial charge in [0.2, 0.25) is 5.91 Å². The van der Waals surface area contributed by atoms with Crippen LogP contribution >= 0.6 is 12.4 Å². The number of hydrogen-bond donors (Lipinski definition) is 2. The SMILES string of the molecule is CCC(CC)(CN)C(=O)Nc1cccc(S(C)(=O)=O)c1.Cl. The van der Waals surface area contributed by atoms with Gasteiger partial charge in [0.05, 0.1) is 10.3 Å². The number of carbonyl (C=O) groups is 1. The Morgan fingerprint density at radius 2 is 1.86 bits per heavy atom. The molecule has 1 aromatic rings. The predicted molar refractivity (Wildman–Crippen MR) is 87.5 cm³/mol. The fourth-order valence-corrected chi connectivity index (χ4v) is 2.69. The smallest absolute Gasteiger partial charge is 0.231 e. The van der Waals surface area contributed by atoms with Crippen LogP contribution in [-0.4, -0.2) is 27.1 Å². The number of halogens is 1. The summed E-state index contributed by atoms with van der Waals surface area (Å²) in [5.41, 5.74) is 5.59. The van der Waals surface area contributed by atoms with Crippen LogP contribution in [-0.2, 0) is 14.6 Å². The highest BCUT2D eigenvalue weighted by atomic mass is 35.5. The lowest BCUT2D eigenvalue weighted by Crippen LogP contribution is -2.41. The van der Waals surface area contributed by atoms with Crippen molar-refractivity contribution in [3.63, 3.8) is 0 Å². The molecule has 0 aliphatic heterocycles. The molecule has 0 atom stereocenters. The standard InChI is InChI=1S/C14H22N2O3S.ClH/c1-4-14(5-2,10-15)13(17)16-11-7-6-8-12(9-11)20(3,18)19;/h6-9H,4-5,10,15H2,1-3H3,(H,16,17);1H. The molecular formula is C14H23ClN2O3S. The summed E-state index contributed by atoms with van der Waals surface area (Å²) in [6.45, 7) is 4.10. The Kier molecular flexibility index (Phi) is 7.36. The molecular weight excluding hydrogens is 312 g/mol. The van der Waals surface area contributed by atoms with E-state index in [2.05, 4.69) is 5.32 Å². The van der Waals surface area contributed by atoms with E-state index in [9.17, 15) is 13.2 Å². The summed E-state index contributed by atoms with van der Waals surface area (Å²) in [4.78, 5) is 12.5. The van der Waals surface area contributed by atoms with E-state index in [0.717, 1.165) is 6.26 Å². The van der Waals surface area contributed by atoms with E-state index in [1.54, 1.807) is 12.1 Å². The number of sulfone groups is 1. The lowest BCUT2D eigenvalue weighted by Gasteiger charge is -2.28. The van der Waals surface area contributed by atoms with Crippen molar-refractivity contribution in [2.75, 3.05) is 18.1 Å². The summed E-state index contributed by atoms with van der Waals surface area (Å²) < 4.78 is 23.0. The van der Waals surface area contributed by atoms with Gasteiger partial charge in [-0.25, -0.2) is 8.42 Å². The molecule has 0 fully saturated rings. The molecule has 0 heterocycles. The van der Waals surface area contributed by atoms with E-state index in [1.165, 1.54) is 12.1 Å². The normalized spacial score (nSPS) is 11.6. The Morgan fingerprint density at radius 3 is 2.29 bits per heavy atom. The minimum atomic E-state index is -3.29. The maximum atomic E-state index is 12.3. The second kappa shape index (κ2) is 7.77. The fourth-order valence-electron chi connectivity index (χ4n) is 2.02. The molecule has 0 aliphatic carbocycles. The van der Waals surface area contributed by atoms with Gasteiger partial charge < -0.3 is 11.1 Å². The van der Waals surface area contributed by atoms with Crippen LogP contribution in [0.15, 0.2) is 29.2 Å². The number of nitrogens with two attached hydrogens (primary N) is 1. The molecule has 0 radical (unpaired) electrons. The first-order valence-electron chi connectivity index (χ1n) is 6.60. The molecule has 120 valence electrons. The van der Waals surface area contributed by atoms with E-state index < -0.39 is 15.3 Å². The van der Waals surface area contributed by atoms with Crippen molar-refractivity contribution in [3.8, 4) is 0 Å². The third-order valence-electron chi connectivity index (χ3n) is 3.75. The quantitative estimate of drug-likeness (QED) is 0.834. The molecule has 1 rings (SSSR count). The van der Waals surface area contributed by atoms with Gasteiger partial charge in [-0.05, 0) is 31.0 Å². The second-order valence-electron chi connectivity index (χ2n) is 4.95. The molecule has 0 unspecified atom stereocenters. The largest absolute Gasteiger partial charge is 0.329 e. The number of benzene rings is 1. The third-order valence-corrected chi connectivity index (χ3v) is 4.86. The fraction of sp³-hybridized carbons (Fsp3) is 0.500. The molecule has 1 aromatic carbocycles. The highest BCUT2D eigenvalue weighted by Crippen LogP contribution is 2.27. The van der Waals surface area contributed by atoms with Gasteiger partial charge in [-0.3, -0.25) is 4.79 Å². The van der Waals surface area contributed by atoms with Crippen LogP contribution in [0.2, 0.25) is 0 Å². The highest BCUT2D eigenvalue weighted by molar-refractivity contribution is 7.90. The molecule has 0 spiro atoms. The summed E-state index contributed by atoms with van der Waals surface area (Å²) in [5, 5.41) is 2.76. The molecule has 3 N–H and O–H groups in total. The van der Waals surface area contributed by atoms with Crippen LogP contribution in [0.3, 0.4) is 0 Å². The molecule has 0 saturated carbocycles. The first kappa shape index (κ1) is 19.9. The Balaban J connectivity index is 0.00000400. The van der Waals surface area contributed by atoms with Crippen LogP contribution in [0.4, 0.5) is 5.69 Å². The molecule has 0 aromatic heterocycles. The highest BCUT2D eigenvalue weighted by Gasteiger charge is 2.33. The maximum Gasteiger partial charge on any atom is 0.231 e. The zero-order valence-electron chi connectivity index (χ0n) is 12.5. The van der Waals surface area contributed by atoms with Gasteiger partial charge >= 0.3 is 0 Å². The summed E-state index contributed by atoms with van der Waals surface area (Å²) in [5.74, 6) is -0.171. The maximum absolute atomic E-state index is 12.3. The molecule has 0 saturated heterocycles. The first-order valence-corrected chi connectivity index (χ1v) is 8.50. The van der Waals surface area contributed by atoms with Gasteiger partial charge in [0.1, 0.15) is 0 Å². The zero-order chi connectivity index (χ0) is 15.4. The van der Waals surface area contributed by atoms with Crippen LogP contribution < -0.4 is 11.1 Å². The van der Waals surface area contributed by atoms with Crippen molar-refractivity contribution in [2.24, 2.45) is 11.1 Å². The van der Waals surface area contributed by atoms with Gasteiger partial charge in [-0.15, -0.1) is 12.4 Å². The molecule has 7 heteroatoms. The summed E-state index contributed by atoms with van der Waals surface area (Å²) in [7, 11) is -3.29. The average Bonchev–Trinajstić information content (AvgIpc) is 2.41. The van der Waals surface area contributed by atoms with Gasteiger partial charge in [-0.1, -0.05) is 19.9 Å². The van der Waals surface area contributed by atoms with Crippen LogP contribution in [0.5, 0.6) is 0 Å². The summed E-state index contributed by atoms with van der Waals surface area (Å²) in [6.07, 6.45) is 2.41. The Labute approximate surface area is 132 Å². The number of carbonyl (C=O) groups excluding carboxylic acids is 1. The van der Waals surface area contributed by atoms with Crippen LogP contribution in [0, 0.1) is 5.41 Å². The van der Waals surface area contributed by atoms with Gasteiger partial charge in [0.25, 0.3) is 0 Å². The number of amides is 1. The van der Waals surface area contributed by atoms with Crippen LogP contribution in [0.25, 0.3) is 0 Å². The van der Waals surface area contributed by atoms with E-state index in [4.69, 9.17) is 5.73 Å². The molecule has 5 nitrogen and oxygen atoms in total. The molecule has 0 aliphatic rings. The van der Waals surface area contributed by atoms with Crippen molar-refractivity contribution in [1.29, 1.82) is 0 Å². The first-order chi connectivity index (χ1) is 9.29. The number of anilines is 1. The second-order valence-corrected chi connectivity index (χ2v) is 6.96. The monoisotopic (exact) mass is 334 g/mol. The molecule has 0 bridgehead atoms. The van der Waals surface area contributed by atoms with E-state index in [0.29, 0.717) is 18.5 Å². The Hall–Kier alpha value is -1.11. The average molecular weight is 335 g/mol. The minimum absolute atomic E-state index is 0. The van der Waals surface area contributed by atoms with Crippen molar-refractivity contribution >= 4 is 33.8 Å². The lowest BCUT2D eigenvalue weighted by atomic mass is 9.81. The Morgan fingerprint density at radius 1 is 1.29 bits per heavy atom. The number of rotatable bonds is 6. The summed E-state index contributed by atoms with van der Waals surface area (Å²) in [6, 6.07) is 6.23. The van der Waals surface area contributed by atoms with E-state index in [1.807, 2.05) is 13.8 Å². The van der Waals surface area contributed by atoms with Crippen LogP contribution in [0.1, 0.15) is 26.7 Å². The van der Waals surface area contributed by atoms with Crippen molar-refractivity contribution in [1.82, 2.24) is 0 Å². The van der Waals surface area contributed by atoms with Crippen molar-refractivity contribution < 1.29 is 13.2 Å². The number of nitrogens with one attached hydrogen (secondary N) is 1. The van der Waals surface area contributed by atoms with E-state index >= 15 is 0 Å². The topological polar surface area (TPSA) is 89.3 Å². The molecule has 1 amide bonds. The van der Waals surface area contributed by atoms with Gasteiger partial charge in [-0.2, -0.15) is 0 Å². The van der Waals surface area contributed by atoms with E-state index in [-0.39, 0.29) is 29.8 Å². The molecule has 21 heavy (non-hydrogen) atoms. The van der Waals surface area contributed by atoms with Gasteiger partial charge in [0, 0.05) is 18.5 Å². The summed E-state index contributed by atoms with van der Waals surface area (Å²) >= 11 is 0. The van der Waals surface area contributed by atoms with Crippen molar-refractivity contribution in [3.05, 3.63) is 24.3 Å². The minimum Gasteiger partial charge on any atom is -0.329 e. The zero-order valence-corrected chi connectivity index (χ0v) is 14.2. The lowest BCUT2D eigenvalue weighted by molar-refractivity contribution is -0.125. The van der Waals surface area contributed by atoms with Crippen molar-refractivity contribution in [2.45, 2.75) is 31.6 Å².